The van der Waals surface area contributed by atoms with Gasteiger partial charge < -0.3 is 5.11 Å². The minimum absolute atomic E-state index is 0.210. The van der Waals surface area contributed by atoms with Gasteiger partial charge in [-0.1, -0.05) is 30.3 Å². The summed E-state index contributed by atoms with van der Waals surface area (Å²) in [5, 5.41) is 13.7. The maximum Gasteiger partial charge on any atom is 0.182 e. The topological polar surface area (TPSA) is 50.2 Å². The molecule has 4 aliphatic rings. The fourth-order valence-corrected chi connectivity index (χ4v) is 6.99. The van der Waals surface area contributed by atoms with Crippen LogP contribution < -0.4 is 0 Å². The Morgan fingerprint density at radius 3 is 2.56 bits per heavy atom. The van der Waals surface area contributed by atoms with Gasteiger partial charge in [-0.3, -0.25) is 4.79 Å². The van der Waals surface area contributed by atoms with Crippen LogP contribution in [-0.4, -0.2) is 21.5 Å². The zero-order valence-corrected chi connectivity index (χ0v) is 16.5. The smallest absolute Gasteiger partial charge is 0.182 e. The molecule has 4 saturated carbocycles. The molecule has 0 amide bonds. The summed E-state index contributed by atoms with van der Waals surface area (Å²) in [6.45, 7) is 0. The summed E-state index contributed by atoms with van der Waals surface area (Å²) in [4.78, 5) is 17.5. The largest absolute Gasteiger partial charge is 0.390 e. The predicted octanol–water partition coefficient (Wildman–Crippen LogP) is 4.69. The predicted molar refractivity (Wildman–Crippen MR) is 107 cm³/mol. The Morgan fingerprint density at radius 1 is 1.11 bits per heavy atom. The van der Waals surface area contributed by atoms with Gasteiger partial charge in [0.25, 0.3) is 0 Å². The van der Waals surface area contributed by atoms with Crippen LogP contribution in [0.15, 0.2) is 35.7 Å². The van der Waals surface area contributed by atoms with Crippen molar-refractivity contribution in [2.75, 3.05) is 0 Å². The quantitative estimate of drug-likeness (QED) is 0.739. The lowest BCUT2D eigenvalue weighted by molar-refractivity contribution is -0.151. The summed E-state index contributed by atoms with van der Waals surface area (Å²) >= 11 is 1.62. The van der Waals surface area contributed by atoms with Gasteiger partial charge in [0.1, 0.15) is 5.69 Å². The number of nitrogens with zero attached hydrogens (tertiary/aromatic N) is 1. The van der Waals surface area contributed by atoms with Crippen molar-refractivity contribution in [2.45, 2.75) is 57.0 Å². The number of aromatic nitrogens is 1. The first kappa shape index (κ1) is 17.6. The highest BCUT2D eigenvalue weighted by Gasteiger charge is 2.54. The first-order valence-corrected chi connectivity index (χ1v) is 11.2. The number of hydrogen-bond acceptors (Lipinski definition) is 4. The number of carbonyl (C=O) groups excluding carboxylic acids is 1. The lowest BCUT2D eigenvalue weighted by Crippen LogP contribution is -2.54. The van der Waals surface area contributed by atoms with Crippen LogP contribution in [0.4, 0.5) is 0 Å². The van der Waals surface area contributed by atoms with Gasteiger partial charge in [-0.25, -0.2) is 4.98 Å². The van der Waals surface area contributed by atoms with Crippen molar-refractivity contribution in [1.82, 2.24) is 4.98 Å². The van der Waals surface area contributed by atoms with Gasteiger partial charge in [0.05, 0.1) is 10.6 Å². The lowest BCUT2D eigenvalue weighted by Gasteiger charge is -2.58. The van der Waals surface area contributed by atoms with E-state index in [1.165, 1.54) is 18.4 Å². The van der Waals surface area contributed by atoms with E-state index in [4.69, 9.17) is 0 Å². The molecule has 4 bridgehead atoms. The Bertz CT molecular complexity index is 814. The Labute approximate surface area is 164 Å². The molecule has 27 heavy (non-hydrogen) atoms. The third-order valence-corrected chi connectivity index (χ3v) is 8.07. The molecule has 4 heteroatoms. The van der Waals surface area contributed by atoms with E-state index in [1.54, 1.807) is 11.3 Å². The molecule has 3 nitrogen and oxygen atoms in total. The number of rotatable bonds is 6. The summed E-state index contributed by atoms with van der Waals surface area (Å²) < 4.78 is 0. The Balaban J connectivity index is 1.21. The molecule has 2 atom stereocenters. The number of carbonyl (C=O) groups is 1. The maximum atomic E-state index is 12.9. The van der Waals surface area contributed by atoms with E-state index in [0.29, 0.717) is 35.8 Å². The first-order valence-electron chi connectivity index (χ1n) is 10.3. The molecule has 1 N–H and O–H groups in total. The molecular formula is C23H27NO2S. The third kappa shape index (κ3) is 3.50. The van der Waals surface area contributed by atoms with E-state index < -0.39 is 5.60 Å². The van der Waals surface area contributed by atoms with Crippen molar-refractivity contribution in [3.63, 3.8) is 0 Å². The SMILES string of the molecule is O=C(CC1C2CC3CC1CC(O)(C3)C2)c1csc(CCc2ccccc2)n1. The van der Waals surface area contributed by atoms with Crippen LogP contribution in [0.3, 0.4) is 0 Å². The second-order valence-corrected chi connectivity index (χ2v) is 10.0. The molecule has 0 radical (unpaired) electrons. The Kier molecular flexibility index (Phi) is 4.44. The van der Waals surface area contributed by atoms with Crippen molar-refractivity contribution in [1.29, 1.82) is 0 Å². The van der Waals surface area contributed by atoms with E-state index in [9.17, 15) is 9.90 Å². The average molecular weight is 382 g/mol. The molecule has 2 unspecified atom stereocenters. The third-order valence-electron chi connectivity index (χ3n) is 7.16. The zero-order valence-electron chi connectivity index (χ0n) is 15.6. The van der Waals surface area contributed by atoms with Crippen LogP contribution in [0.2, 0.25) is 0 Å². The standard InChI is InChI=1S/C23H27NO2S/c25-21(10-19-17-8-16-9-18(19)13-23(26,11-16)12-17)20-14-27-22(24-20)7-6-15-4-2-1-3-5-15/h1-5,14,16-19,26H,6-13H2. The maximum absolute atomic E-state index is 12.9. The van der Waals surface area contributed by atoms with Crippen molar-refractivity contribution in [3.8, 4) is 0 Å². The summed E-state index contributed by atoms with van der Waals surface area (Å²) in [6.07, 6.45) is 7.75. The Morgan fingerprint density at radius 2 is 1.85 bits per heavy atom. The van der Waals surface area contributed by atoms with Gasteiger partial charge in [-0.2, -0.15) is 0 Å². The normalized spacial score (nSPS) is 34.1. The van der Waals surface area contributed by atoms with Crippen molar-refractivity contribution >= 4 is 17.1 Å². The van der Waals surface area contributed by atoms with Crippen molar-refractivity contribution in [3.05, 3.63) is 52.0 Å². The van der Waals surface area contributed by atoms with Crippen LogP contribution in [0.1, 0.15) is 59.6 Å². The molecule has 1 heterocycles. The van der Waals surface area contributed by atoms with E-state index in [0.717, 1.165) is 37.1 Å². The number of Topliss-reactive ketones (excluding diaryl/α,β-unsaturated/α-hetero) is 1. The van der Waals surface area contributed by atoms with Gasteiger partial charge in [-0.05, 0) is 67.8 Å². The van der Waals surface area contributed by atoms with Crippen molar-refractivity contribution in [2.24, 2.45) is 23.7 Å². The lowest BCUT2D eigenvalue weighted by atomic mass is 9.49. The van der Waals surface area contributed by atoms with E-state index in [-0.39, 0.29) is 5.78 Å². The van der Waals surface area contributed by atoms with Gasteiger partial charge in [0, 0.05) is 18.2 Å². The number of aryl methyl sites for hydroxylation is 2. The minimum Gasteiger partial charge on any atom is -0.390 e. The van der Waals surface area contributed by atoms with Gasteiger partial charge >= 0.3 is 0 Å². The highest BCUT2D eigenvalue weighted by molar-refractivity contribution is 7.09. The second kappa shape index (κ2) is 6.82. The fraction of sp³-hybridized carbons (Fsp3) is 0.565. The fourth-order valence-electron chi connectivity index (χ4n) is 6.19. The van der Waals surface area contributed by atoms with Crippen LogP contribution >= 0.6 is 11.3 Å². The highest BCUT2D eigenvalue weighted by atomic mass is 32.1. The zero-order chi connectivity index (χ0) is 18.4. The molecule has 142 valence electrons. The van der Waals surface area contributed by atoms with Gasteiger partial charge in [-0.15, -0.1) is 11.3 Å². The van der Waals surface area contributed by atoms with E-state index >= 15 is 0 Å². The number of hydrogen-bond donors (Lipinski definition) is 1. The summed E-state index contributed by atoms with van der Waals surface area (Å²) in [7, 11) is 0. The van der Waals surface area contributed by atoms with E-state index in [2.05, 4.69) is 29.2 Å². The molecular weight excluding hydrogens is 354 g/mol. The molecule has 0 saturated heterocycles. The van der Waals surface area contributed by atoms with Gasteiger partial charge in [0.2, 0.25) is 0 Å². The summed E-state index contributed by atoms with van der Waals surface area (Å²) in [5.41, 5.74) is 1.56. The molecule has 4 aliphatic carbocycles. The summed E-state index contributed by atoms with van der Waals surface area (Å²) in [6, 6.07) is 10.4. The average Bonchev–Trinajstić information content (AvgIpc) is 3.12. The Hall–Kier alpha value is -1.52. The number of benzene rings is 1. The number of aliphatic hydroxyl groups is 1. The monoisotopic (exact) mass is 381 g/mol. The van der Waals surface area contributed by atoms with Crippen LogP contribution in [0.25, 0.3) is 0 Å². The van der Waals surface area contributed by atoms with E-state index in [1.807, 2.05) is 11.4 Å². The number of thiazole rings is 1. The second-order valence-electron chi connectivity index (χ2n) is 9.10. The molecule has 0 aliphatic heterocycles. The molecule has 4 fully saturated rings. The molecule has 2 aromatic rings. The van der Waals surface area contributed by atoms with Crippen molar-refractivity contribution < 1.29 is 9.90 Å². The first-order chi connectivity index (χ1) is 13.1. The van der Waals surface area contributed by atoms with Gasteiger partial charge in [0.15, 0.2) is 5.78 Å². The van der Waals surface area contributed by atoms with Crippen LogP contribution in [0.5, 0.6) is 0 Å². The molecule has 1 aromatic carbocycles. The number of ketones is 1. The molecule has 6 rings (SSSR count). The molecule has 1 aromatic heterocycles. The summed E-state index contributed by atoms with van der Waals surface area (Å²) in [5.74, 6) is 2.45. The van der Waals surface area contributed by atoms with Crippen LogP contribution in [-0.2, 0) is 12.8 Å². The van der Waals surface area contributed by atoms with Crippen LogP contribution in [0, 0.1) is 23.7 Å². The molecule has 0 spiro atoms. The highest BCUT2D eigenvalue weighted by Crippen LogP contribution is 2.59. The minimum atomic E-state index is -0.415.